The van der Waals surface area contributed by atoms with E-state index >= 15 is 0 Å². The number of piperidine rings is 1. The zero-order valence-electron chi connectivity index (χ0n) is 10.8. The van der Waals surface area contributed by atoms with Crippen molar-refractivity contribution in [1.29, 1.82) is 0 Å². The second-order valence-electron chi connectivity index (χ2n) is 5.25. The minimum atomic E-state index is -0.311. The molecule has 1 atom stereocenters. The number of carbonyl (C=O) groups excluding carboxylic acids is 2. The summed E-state index contributed by atoms with van der Waals surface area (Å²) in [6, 6.07) is 3.92. The van der Waals surface area contributed by atoms with Crippen molar-refractivity contribution in [2.24, 2.45) is 0 Å². The SMILES string of the molecule is O=C1CCC(c2coc3cc4c(cc23)CCO4)C(=O)N1. The molecule has 1 saturated heterocycles. The largest absolute Gasteiger partial charge is 0.493 e. The van der Waals surface area contributed by atoms with Crippen molar-refractivity contribution in [2.75, 3.05) is 6.61 Å². The standard InChI is InChI=1S/C15H13NO4/c17-14-2-1-9(15(18)16-14)11-7-20-13-6-12-8(3-4-19-12)5-10(11)13/h5-7,9H,1-4H2,(H,16,17,18). The molecule has 0 radical (unpaired) electrons. The van der Waals surface area contributed by atoms with Crippen molar-refractivity contribution < 1.29 is 18.7 Å². The lowest BCUT2D eigenvalue weighted by atomic mass is 9.90. The summed E-state index contributed by atoms with van der Waals surface area (Å²) in [4.78, 5) is 23.2. The Morgan fingerprint density at radius 1 is 1.20 bits per heavy atom. The first-order valence-corrected chi connectivity index (χ1v) is 6.73. The summed E-state index contributed by atoms with van der Waals surface area (Å²) < 4.78 is 11.1. The zero-order chi connectivity index (χ0) is 13.7. The van der Waals surface area contributed by atoms with E-state index in [1.54, 1.807) is 6.26 Å². The minimum Gasteiger partial charge on any atom is -0.493 e. The van der Waals surface area contributed by atoms with E-state index in [9.17, 15) is 9.59 Å². The molecule has 0 bridgehead atoms. The van der Waals surface area contributed by atoms with Crippen molar-refractivity contribution in [3.8, 4) is 5.75 Å². The Labute approximate surface area is 114 Å². The number of fused-ring (bicyclic) bond motifs is 2. The van der Waals surface area contributed by atoms with Crippen LogP contribution in [0.3, 0.4) is 0 Å². The third kappa shape index (κ3) is 1.62. The van der Waals surface area contributed by atoms with Crippen LogP contribution in [0.25, 0.3) is 11.0 Å². The number of furan rings is 1. The smallest absolute Gasteiger partial charge is 0.234 e. The van der Waals surface area contributed by atoms with Gasteiger partial charge in [-0.2, -0.15) is 0 Å². The Bertz CT molecular complexity index is 731. The second kappa shape index (κ2) is 4.10. The van der Waals surface area contributed by atoms with Gasteiger partial charge in [0.05, 0.1) is 18.8 Å². The molecule has 1 aromatic carbocycles. The van der Waals surface area contributed by atoms with Crippen LogP contribution in [0.5, 0.6) is 5.75 Å². The lowest BCUT2D eigenvalue weighted by Gasteiger charge is -2.19. The van der Waals surface area contributed by atoms with Crippen molar-refractivity contribution in [1.82, 2.24) is 5.32 Å². The molecule has 5 heteroatoms. The van der Waals surface area contributed by atoms with Gasteiger partial charge in [-0.05, 0) is 18.1 Å². The summed E-state index contributed by atoms with van der Waals surface area (Å²) in [6.07, 6.45) is 3.41. The quantitative estimate of drug-likeness (QED) is 0.804. The van der Waals surface area contributed by atoms with E-state index in [2.05, 4.69) is 5.32 Å². The molecule has 1 fully saturated rings. The van der Waals surface area contributed by atoms with Gasteiger partial charge in [-0.3, -0.25) is 14.9 Å². The first kappa shape index (κ1) is 11.5. The average Bonchev–Trinajstić information content (AvgIpc) is 3.02. The number of carbonyl (C=O) groups is 2. The molecule has 1 aromatic heterocycles. The summed E-state index contributed by atoms with van der Waals surface area (Å²) in [5.41, 5.74) is 2.73. The number of rotatable bonds is 1. The highest BCUT2D eigenvalue weighted by atomic mass is 16.5. The molecule has 4 rings (SSSR count). The van der Waals surface area contributed by atoms with Crippen LogP contribution < -0.4 is 10.1 Å². The highest BCUT2D eigenvalue weighted by molar-refractivity contribution is 6.02. The van der Waals surface area contributed by atoms with Gasteiger partial charge in [0.15, 0.2) is 0 Å². The fourth-order valence-electron chi connectivity index (χ4n) is 2.98. The van der Waals surface area contributed by atoms with Gasteiger partial charge in [0.2, 0.25) is 11.8 Å². The van der Waals surface area contributed by atoms with Gasteiger partial charge in [-0.15, -0.1) is 0 Å². The van der Waals surface area contributed by atoms with Crippen LogP contribution in [0.1, 0.15) is 29.9 Å². The Morgan fingerprint density at radius 2 is 2.10 bits per heavy atom. The van der Waals surface area contributed by atoms with E-state index < -0.39 is 0 Å². The summed E-state index contributed by atoms with van der Waals surface area (Å²) in [7, 11) is 0. The Balaban J connectivity index is 1.80. The van der Waals surface area contributed by atoms with E-state index in [4.69, 9.17) is 9.15 Å². The third-order valence-electron chi connectivity index (χ3n) is 4.03. The van der Waals surface area contributed by atoms with Gasteiger partial charge in [-0.25, -0.2) is 0 Å². The van der Waals surface area contributed by atoms with Crippen molar-refractivity contribution in [2.45, 2.75) is 25.2 Å². The van der Waals surface area contributed by atoms with Crippen molar-refractivity contribution in [3.05, 3.63) is 29.5 Å². The van der Waals surface area contributed by atoms with Crippen LogP contribution in [0.2, 0.25) is 0 Å². The summed E-state index contributed by atoms with van der Waals surface area (Å²) in [5.74, 6) is 0.116. The van der Waals surface area contributed by atoms with Crippen LogP contribution in [0, 0.1) is 0 Å². The van der Waals surface area contributed by atoms with E-state index in [1.807, 2.05) is 12.1 Å². The van der Waals surface area contributed by atoms with Crippen LogP contribution >= 0.6 is 0 Å². The number of hydrogen-bond donors (Lipinski definition) is 1. The molecule has 2 aromatic rings. The maximum atomic E-state index is 12.0. The molecular formula is C15H13NO4. The van der Waals surface area contributed by atoms with Gasteiger partial charge in [-0.1, -0.05) is 0 Å². The van der Waals surface area contributed by atoms with Gasteiger partial charge in [0, 0.05) is 29.9 Å². The van der Waals surface area contributed by atoms with E-state index in [1.165, 1.54) is 0 Å². The van der Waals surface area contributed by atoms with E-state index in [0.29, 0.717) is 19.4 Å². The summed E-state index contributed by atoms with van der Waals surface area (Å²) >= 11 is 0. The van der Waals surface area contributed by atoms with Crippen LogP contribution in [-0.4, -0.2) is 18.4 Å². The zero-order valence-corrected chi connectivity index (χ0v) is 10.8. The molecule has 0 spiro atoms. The van der Waals surface area contributed by atoms with Gasteiger partial charge < -0.3 is 9.15 Å². The predicted octanol–water partition coefficient (Wildman–Crippen LogP) is 1.89. The van der Waals surface area contributed by atoms with Crippen molar-refractivity contribution >= 4 is 22.8 Å². The number of amides is 2. The van der Waals surface area contributed by atoms with E-state index in [0.717, 1.165) is 34.3 Å². The first-order chi connectivity index (χ1) is 9.72. The fourth-order valence-corrected chi connectivity index (χ4v) is 2.98. The molecule has 1 unspecified atom stereocenters. The minimum absolute atomic E-state index is 0.201. The molecule has 2 aliphatic rings. The maximum Gasteiger partial charge on any atom is 0.234 e. The molecule has 102 valence electrons. The van der Waals surface area contributed by atoms with Crippen LogP contribution in [-0.2, 0) is 16.0 Å². The average molecular weight is 271 g/mol. The summed E-state index contributed by atoms with van der Waals surface area (Å²) in [5, 5.41) is 3.34. The highest BCUT2D eigenvalue weighted by Crippen LogP contribution is 2.37. The Hall–Kier alpha value is -2.30. The number of benzene rings is 1. The van der Waals surface area contributed by atoms with Gasteiger partial charge >= 0.3 is 0 Å². The number of ether oxygens (including phenoxy) is 1. The molecule has 1 N–H and O–H groups in total. The van der Waals surface area contributed by atoms with Crippen molar-refractivity contribution in [3.63, 3.8) is 0 Å². The molecular weight excluding hydrogens is 258 g/mol. The molecule has 3 heterocycles. The maximum absolute atomic E-state index is 12.0. The Morgan fingerprint density at radius 3 is 2.95 bits per heavy atom. The normalized spacial score (nSPS) is 21.7. The summed E-state index contributed by atoms with van der Waals surface area (Å²) in [6.45, 7) is 0.690. The molecule has 2 amide bonds. The molecule has 0 aliphatic carbocycles. The lowest BCUT2D eigenvalue weighted by Crippen LogP contribution is -2.39. The predicted molar refractivity (Wildman–Crippen MR) is 70.5 cm³/mol. The topological polar surface area (TPSA) is 68.5 Å². The number of imide groups is 1. The van der Waals surface area contributed by atoms with E-state index in [-0.39, 0.29) is 17.7 Å². The van der Waals surface area contributed by atoms with Gasteiger partial charge in [0.1, 0.15) is 11.3 Å². The Kier molecular flexibility index (Phi) is 2.36. The third-order valence-corrected chi connectivity index (χ3v) is 4.03. The first-order valence-electron chi connectivity index (χ1n) is 6.73. The fraction of sp³-hybridized carbons (Fsp3) is 0.333. The number of nitrogens with one attached hydrogen (secondary N) is 1. The monoisotopic (exact) mass is 271 g/mol. The molecule has 5 nitrogen and oxygen atoms in total. The lowest BCUT2D eigenvalue weighted by molar-refractivity contribution is -0.134. The molecule has 2 aliphatic heterocycles. The number of hydrogen-bond acceptors (Lipinski definition) is 4. The van der Waals surface area contributed by atoms with Gasteiger partial charge in [0.25, 0.3) is 0 Å². The molecule has 0 saturated carbocycles. The highest BCUT2D eigenvalue weighted by Gasteiger charge is 2.31. The second-order valence-corrected chi connectivity index (χ2v) is 5.25. The van der Waals surface area contributed by atoms with Crippen LogP contribution in [0.15, 0.2) is 22.8 Å². The van der Waals surface area contributed by atoms with Crippen LogP contribution in [0.4, 0.5) is 0 Å². The molecule has 20 heavy (non-hydrogen) atoms.